The molecule has 0 aliphatic rings. The average molecular weight is 936 g/mol. The summed E-state index contributed by atoms with van der Waals surface area (Å²) in [4.78, 5) is 23.6. The van der Waals surface area contributed by atoms with Crippen LogP contribution in [0, 0.1) is 0 Å². The number of carbonyl (C=O) groups excluding carboxylic acids is 2. The fourth-order valence-electron chi connectivity index (χ4n) is 8.25. The van der Waals surface area contributed by atoms with Crippen LogP contribution >= 0.6 is 11.6 Å². The molecule has 0 saturated heterocycles. The number of hydrogen-bond acceptors (Lipinski definition) is 6. The first-order chi connectivity index (χ1) is 33.7. The molecule has 0 heterocycles. The van der Waals surface area contributed by atoms with Crippen molar-refractivity contribution in [2.75, 3.05) is 13.1 Å². The molecular weight excluding hydrogens is 872 g/mol. The van der Waals surface area contributed by atoms with Gasteiger partial charge in [-0.3, -0.25) is 14.9 Å². The second-order valence-corrected chi connectivity index (χ2v) is 16.9. The van der Waals surface area contributed by atoms with Gasteiger partial charge in [-0.1, -0.05) is 194 Å². The Kier molecular flexibility index (Phi) is 19.2. The third-order valence-corrected chi connectivity index (χ3v) is 12.5. The average Bonchev–Trinajstić information content (AvgIpc) is 3.42. The minimum Gasteiger partial charge on any atom is -0.352 e. The third kappa shape index (κ3) is 13.1. The lowest BCUT2D eigenvalue weighted by molar-refractivity contribution is 0.0947. The van der Waals surface area contributed by atoms with Gasteiger partial charge in [0, 0.05) is 50.4 Å². The first kappa shape index (κ1) is 51.2. The molecule has 8 rings (SSSR count). The molecule has 2 amide bonds. The lowest BCUT2D eigenvalue weighted by Crippen LogP contribution is -2.44. The molecule has 0 fully saturated rings. The van der Waals surface area contributed by atoms with Gasteiger partial charge in [0.25, 0.3) is 11.8 Å². The lowest BCUT2D eigenvalue weighted by Gasteiger charge is -2.37. The van der Waals surface area contributed by atoms with E-state index in [4.69, 9.17) is 28.8 Å². The largest absolute Gasteiger partial charge is 0.352 e. The second kappa shape index (κ2) is 25.8. The van der Waals surface area contributed by atoms with Gasteiger partial charge in [-0.05, 0) is 93.7 Å². The molecular formula is C60H63ClN6O2. The Bertz CT molecular complexity index is 2690. The highest BCUT2D eigenvalue weighted by atomic mass is 35.5. The molecule has 0 saturated carbocycles. The van der Waals surface area contributed by atoms with E-state index in [1.165, 1.54) is 0 Å². The Morgan fingerprint density at radius 2 is 0.710 bits per heavy atom. The molecule has 8 nitrogen and oxygen atoms in total. The SMILES string of the molecule is CCNC(=O)c1ccc(C(Cl)(c2ccccc2)c2ccccc2)cc1.CCNC(=O)c1ccc(C(NCc2cccc(CN)c2)(c2ccccc2)c2ccccc2)cc1.NCc1cccc(CN)c1. The van der Waals surface area contributed by atoms with Gasteiger partial charge in [0.05, 0.1) is 5.54 Å². The van der Waals surface area contributed by atoms with Crippen LogP contribution in [0.2, 0.25) is 0 Å². The van der Waals surface area contributed by atoms with Crippen LogP contribution in [-0.4, -0.2) is 24.9 Å². The van der Waals surface area contributed by atoms with Gasteiger partial charge >= 0.3 is 0 Å². The Morgan fingerprint density at radius 1 is 0.406 bits per heavy atom. The van der Waals surface area contributed by atoms with Crippen LogP contribution in [0.1, 0.15) is 90.2 Å². The van der Waals surface area contributed by atoms with Gasteiger partial charge in [-0.15, -0.1) is 11.6 Å². The number of nitrogens with one attached hydrogen (secondary N) is 3. The van der Waals surface area contributed by atoms with E-state index >= 15 is 0 Å². The van der Waals surface area contributed by atoms with Crippen molar-refractivity contribution in [3.05, 3.63) is 285 Å². The van der Waals surface area contributed by atoms with Gasteiger partial charge in [0.2, 0.25) is 0 Å². The molecule has 352 valence electrons. The Labute approximate surface area is 413 Å². The van der Waals surface area contributed by atoms with E-state index in [1.807, 2.05) is 172 Å². The van der Waals surface area contributed by atoms with Crippen molar-refractivity contribution in [1.29, 1.82) is 0 Å². The molecule has 0 aliphatic heterocycles. The number of amides is 2. The third-order valence-electron chi connectivity index (χ3n) is 11.8. The summed E-state index contributed by atoms with van der Waals surface area (Å²) in [5.74, 6) is -0.140. The number of halogens is 1. The van der Waals surface area contributed by atoms with E-state index in [0.29, 0.717) is 50.4 Å². The highest BCUT2D eigenvalue weighted by Crippen LogP contribution is 2.43. The molecule has 0 aromatic heterocycles. The molecule has 8 aromatic carbocycles. The van der Waals surface area contributed by atoms with Gasteiger partial charge in [0.15, 0.2) is 0 Å². The highest BCUT2D eigenvalue weighted by Gasteiger charge is 2.36. The Balaban J connectivity index is 0.000000195. The quantitative estimate of drug-likeness (QED) is 0.0420. The Hall–Kier alpha value is -7.17. The van der Waals surface area contributed by atoms with Crippen LogP contribution in [0.4, 0.5) is 0 Å². The number of carbonyl (C=O) groups is 2. The molecule has 0 spiro atoms. The summed E-state index contributed by atoms with van der Waals surface area (Å²) in [6.45, 7) is 7.37. The standard InChI is InChI=1S/C30H31N3O.C22H20ClNO.C8H12N2/c1-2-32-29(34)25-16-18-28(19-17-25)30(26-12-5-3-6-13-26,27-14-7-4-8-15-27)33-22-24-11-9-10-23(20-24)21-31;1-2-24-21(25)17-13-15-20(16-14-17)22(23,18-9-5-3-6-10-18)19-11-7-4-8-12-19;9-5-7-2-1-3-8(4-7)6-10/h3-20,33H,2,21-22,31H2,1H3,(H,32,34);3-16H,2H2,1H3,(H,24,25);1-4H,5-6,9-10H2. The molecule has 0 radical (unpaired) electrons. The summed E-state index contributed by atoms with van der Waals surface area (Å²) in [6, 6.07) is 72.6. The lowest BCUT2D eigenvalue weighted by atomic mass is 9.76. The topological polar surface area (TPSA) is 148 Å². The summed E-state index contributed by atoms with van der Waals surface area (Å²) in [6.07, 6.45) is 0. The summed E-state index contributed by atoms with van der Waals surface area (Å²) >= 11 is 7.21. The van der Waals surface area contributed by atoms with Crippen LogP contribution in [0.5, 0.6) is 0 Å². The fraction of sp³-hybridized carbons (Fsp3) is 0.167. The monoisotopic (exact) mass is 934 g/mol. The van der Waals surface area contributed by atoms with Crippen molar-refractivity contribution in [2.24, 2.45) is 17.2 Å². The molecule has 0 bridgehead atoms. The van der Waals surface area contributed by atoms with Crippen LogP contribution in [0.25, 0.3) is 0 Å². The molecule has 9 heteroatoms. The number of alkyl halides is 1. The summed E-state index contributed by atoms with van der Waals surface area (Å²) in [5.41, 5.74) is 28.2. The van der Waals surface area contributed by atoms with Crippen molar-refractivity contribution in [3.63, 3.8) is 0 Å². The minimum absolute atomic E-state index is 0.0642. The van der Waals surface area contributed by atoms with Gasteiger partial charge in [-0.25, -0.2) is 0 Å². The molecule has 8 aromatic rings. The van der Waals surface area contributed by atoms with Gasteiger partial charge < -0.3 is 27.8 Å². The van der Waals surface area contributed by atoms with E-state index < -0.39 is 10.4 Å². The normalized spacial score (nSPS) is 11.0. The van der Waals surface area contributed by atoms with E-state index in [2.05, 4.69) is 76.6 Å². The van der Waals surface area contributed by atoms with E-state index in [0.717, 1.165) is 55.6 Å². The number of hydrogen-bond donors (Lipinski definition) is 6. The van der Waals surface area contributed by atoms with Crippen molar-refractivity contribution in [3.8, 4) is 0 Å². The van der Waals surface area contributed by atoms with Crippen molar-refractivity contribution >= 4 is 23.4 Å². The minimum atomic E-state index is -0.803. The van der Waals surface area contributed by atoms with Gasteiger partial charge in [-0.2, -0.15) is 0 Å². The van der Waals surface area contributed by atoms with Gasteiger partial charge in [0.1, 0.15) is 4.87 Å². The van der Waals surface area contributed by atoms with E-state index in [9.17, 15) is 9.59 Å². The predicted octanol–water partition coefficient (Wildman–Crippen LogP) is 10.5. The van der Waals surface area contributed by atoms with Crippen LogP contribution < -0.4 is 33.2 Å². The fourth-order valence-corrected chi connectivity index (χ4v) is 8.63. The first-order valence-electron chi connectivity index (χ1n) is 23.4. The zero-order valence-electron chi connectivity index (χ0n) is 39.5. The van der Waals surface area contributed by atoms with E-state index in [-0.39, 0.29) is 11.8 Å². The second-order valence-electron chi connectivity index (χ2n) is 16.4. The number of rotatable bonds is 16. The van der Waals surface area contributed by atoms with Crippen molar-refractivity contribution < 1.29 is 9.59 Å². The maximum Gasteiger partial charge on any atom is 0.251 e. The van der Waals surface area contributed by atoms with Crippen LogP contribution in [-0.2, 0) is 36.6 Å². The molecule has 0 atom stereocenters. The molecule has 69 heavy (non-hydrogen) atoms. The van der Waals surface area contributed by atoms with E-state index in [1.54, 1.807) is 0 Å². The van der Waals surface area contributed by atoms with Crippen molar-refractivity contribution in [2.45, 2.75) is 50.4 Å². The first-order valence-corrected chi connectivity index (χ1v) is 23.8. The smallest absolute Gasteiger partial charge is 0.251 e. The number of benzene rings is 8. The molecule has 9 N–H and O–H groups in total. The molecule has 0 aliphatic carbocycles. The maximum absolute atomic E-state index is 12.4. The van der Waals surface area contributed by atoms with Crippen LogP contribution in [0.15, 0.2) is 218 Å². The summed E-state index contributed by atoms with van der Waals surface area (Å²) in [7, 11) is 0. The highest BCUT2D eigenvalue weighted by molar-refractivity contribution is 6.28. The predicted molar refractivity (Wildman–Crippen MR) is 284 cm³/mol. The van der Waals surface area contributed by atoms with Crippen molar-refractivity contribution in [1.82, 2.24) is 16.0 Å². The maximum atomic E-state index is 12.4. The number of nitrogens with two attached hydrogens (primary N) is 3. The summed E-state index contributed by atoms with van der Waals surface area (Å²) < 4.78 is 0. The zero-order chi connectivity index (χ0) is 48.9. The zero-order valence-corrected chi connectivity index (χ0v) is 40.2. The van der Waals surface area contributed by atoms with Crippen LogP contribution in [0.3, 0.4) is 0 Å². The summed E-state index contributed by atoms with van der Waals surface area (Å²) in [5, 5.41) is 9.57. The molecule has 0 unspecified atom stereocenters. The Morgan fingerprint density at radius 3 is 1.07 bits per heavy atom.